The summed E-state index contributed by atoms with van der Waals surface area (Å²) in [7, 11) is 1.59. The SMILES string of the molecule is CN=C(N)NCCN1C(=O)C2C3C=CC(C3)C2C1=O.I. The molecule has 3 aliphatic rings. The molecule has 4 unspecified atom stereocenters. The molecule has 6 nitrogen and oxygen atoms in total. The van der Waals surface area contributed by atoms with Crippen molar-refractivity contribution >= 4 is 41.8 Å². The van der Waals surface area contributed by atoms with Gasteiger partial charge in [0.15, 0.2) is 5.96 Å². The predicted molar refractivity (Wildman–Crippen MR) is 85.4 cm³/mol. The number of imide groups is 1. The number of halogens is 1. The van der Waals surface area contributed by atoms with Gasteiger partial charge in [0, 0.05) is 20.1 Å². The molecule has 0 aromatic carbocycles. The Balaban J connectivity index is 0.00000147. The number of aliphatic imine (C=N–C) groups is 1. The van der Waals surface area contributed by atoms with Gasteiger partial charge in [-0.05, 0) is 18.3 Å². The van der Waals surface area contributed by atoms with Gasteiger partial charge in [-0.15, -0.1) is 24.0 Å². The number of nitrogens with zero attached hydrogens (tertiary/aromatic N) is 2. The second kappa shape index (κ2) is 5.71. The molecule has 7 heteroatoms. The normalized spacial score (nSPS) is 34.5. The Hall–Kier alpha value is -1.12. The Bertz CT molecular complexity index is 461. The molecule has 3 rings (SSSR count). The van der Waals surface area contributed by atoms with Crippen LogP contribution >= 0.6 is 24.0 Å². The number of guanidine groups is 1. The highest BCUT2D eigenvalue weighted by Gasteiger charge is 2.58. The van der Waals surface area contributed by atoms with Crippen molar-refractivity contribution in [2.75, 3.05) is 20.1 Å². The van der Waals surface area contributed by atoms with E-state index in [9.17, 15) is 9.59 Å². The van der Waals surface area contributed by atoms with Crippen LogP contribution in [0.4, 0.5) is 0 Å². The Morgan fingerprint density at radius 3 is 2.40 bits per heavy atom. The van der Waals surface area contributed by atoms with E-state index < -0.39 is 0 Å². The molecule has 2 bridgehead atoms. The molecular weight excluding hydrogens is 371 g/mol. The number of fused-ring (bicyclic) bond motifs is 5. The van der Waals surface area contributed by atoms with Crippen LogP contribution in [-0.2, 0) is 9.59 Å². The molecule has 1 saturated heterocycles. The van der Waals surface area contributed by atoms with Gasteiger partial charge >= 0.3 is 0 Å². The molecule has 20 heavy (non-hydrogen) atoms. The summed E-state index contributed by atoms with van der Waals surface area (Å²) < 4.78 is 0. The van der Waals surface area contributed by atoms with E-state index in [4.69, 9.17) is 5.73 Å². The van der Waals surface area contributed by atoms with Crippen molar-refractivity contribution in [2.24, 2.45) is 34.4 Å². The third-order valence-electron chi connectivity index (χ3n) is 4.44. The average Bonchev–Trinajstić information content (AvgIpc) is 3.07. The van der Waals surface area contributed by atoms with E-state index in [1.807, 2.05) is 0 Å². The molecule has 4 atom stereocenters. The fourth-order valence-electron chi connectivity index (χ4n) is 3.56. The fraction of sp³-hybridized carbons (Fsp3) is 0.615. The van der Waals surface area contributed by atoms with Crippen molar-refractivity contribution in [3.8, 4) is 0 Å². The van der Waals surface area contributed by atoms with Gasteiger partial charge in [0.2, 0.25) is 11.8 Å². The molecule has 2 fully saturated rings. The van der Waals surface area contributed by atoms with Crippen molar-refractivity contribution in [2.45, 2.75) is 6.42 Å². The van der Waals surface area contributed by atoms with E-state index in [2.05, 4.69) is 22.5 Å². The summed E-state index contributed by atoms with van der Waals surface area (Å²) in [6, 6.07) is 0. The minimum atomic E-state index is -0.111. The van der Waals surface area contributed by atoms with Crippen LogP contribution in [0, 0.1) is 23.7 Å². The maximum absolute atomic E-state index is 12.3. The Kier molecular flexibility index (Phi) is 4.36. The number of hydrogen-bond donors (Lipinski definition) is 2. The molecule has 0 aromatic heterocycles. The first kappa shape index (κ1) is 15.3. The Morgan fingerprint density at radius 2 is 1.90 bits per heavy atom. The van der Waals surface area contributed by atoms with Crippen molar-refractivity contribution < 1.29 is 9.59 Å². The maximum atomic E-state index is 12.3. The zero-order valence-electron chi connectivity index (χ0n) is 11.3. The molecule has 0 spiro atoms. The van der Waals surface area contributed by atoms with Gasteiger partial charge in [0.05, 0.1) is 11.8 Å². The zero-order chi connectivity index (χ0) is 13.6. The summed E-state index contributed by atoms with van der Waals surface area (Å²) in [6.07, 6.45) is 5.16. The number of carbonyl (C=O) groups excluding carboxylic acids is 2. The van der Waals surface area contributed by atoms with Crippen LogP contribution in [0.15, 0.2) is 17.1 Å². The second-order valence-corrected chi connectivity index (χ2v) is 5.36. The molecule has 2 aliphatic carbocycles. The number of nitrogens with one attached hydrogen (secondary N) is 1. The number of hydrogen-bond acceptors (Lipinski definition) is 3. The number of nitrogens with two attached hydrogens (primary N) is 1. The molecule has 1 saturated carbocycles. The predicted octanol–water partition coefficient (Wildman–Crippen LogP) is -0.0544. The van der Waals surface area contributed by atoms with Crippen LogP contribution in [-0.4, -0.2) is 42.8 Å². The monoisotopic (exact) mass is 390 g/mol. The molecule has 110 valence electrons. The molecule has 1 heterocycles. The fourth-order valence-corrected chi connectivity index (χ4v) is 3.56. The zero-order valence-corrected chi connectivity index (χ0v) is 13.6. The van der Waals surface area contributed by atoms with E-state index >= 15 is 0 Å². The lowest BCUT2D eigenvalue weighted by Gasteiger charge is -2.17. The van der Waals surface area contributed by atoms with Crippen molar-refractivity contribution in [1.82, 2.24) is 10.2 Å². The summed E-state index contributed by atoms with van der Waals surface area (Å²) in [5.74, 6) is 0.611. The van der Waals surface area contributed by atoms with Gasteiger partial charge < -0.3 is 11.1 Å². The largest absolute Gasteiger partial charge is 0.370 e. The lowest BCUT2D eigenvalue weighted by Crippen LogP contribution is -2.41. The van der Waals surface area contributed by atoms with Crippen molar-refractivity contribution in [3.05, 3.63) is 12.2 Å². The van der Waals surface area contributed by atoms with Crippen LogP contribution in [0.2, 0.25) is 0 Å². The Morgan fingerprint density at radius 1 is 1.35 bits per heavy atom. The van der Waals surface area contributed by atoms with Gasteiger partial charge in [-0.1, -0.05) is 12.2 Å². The van der Waals surface area contributed by atoms with Gasteiger partial charge in [0.1, 0.15) is 0 Å². The van der Waals surface area contributed by atoms with Crippen LogP contribution in [0.5, 0.6) is 0 Å². The molecule has 2 amide bonds. The standard InChI is InChI=1S/C13H18N4O2.HI/c1-15-13(14)16-4-5-17-11(18)9-7-2-3-8(6-7)10(9)12(17)19;/h2-3,7-10H,4-6H2,1H3,(H3,14,15,16);1H. The molecule has 0 radical (unpaired) electrons. The van der Waals surface area contributed by atoms with Crippen molar-refractivity contribution in [1.29, 1.82) is 0 Å². The smallest absolute Gasteiger partial charge is 0.233 e. The average molecular weight is 390 g/mol. The lowest BCUT2D eigenvalue weighted by atomic mass is 9.85. The van der Waals surface area contributed by atoms with E-state index in [1.165, 1.54) is 4.90 Å². The third-order valence-corrected chi connectivity index (χ3v) is 4.44. The highest BCUT2D eigenvalue weighted by Crippen LogP contribution is 2.52. The molecule has 0 aromatic rings. The van der Waals surface area contributed by atoms with Gasteiger partial charge in [-0.25, -0.2) is 0 Å². The number of likely N-dealkylation sites (tertiary alicyclic amines) is 1. The van der Waals surface area contributed by atoms with Gasteiger partial charge in [-0.2, -0.15) is 0 Å². The second-order valence-electron chi connectivity index (χ2n) is 5.36. The van der Waals surface area contributed by atoms with E-state index in [0.29, 0.717) is 19.0 Å². The summed E-state index contributed by atoms with van der Waals surface area (Å²) in [4.78, 5) is 29.8. The molecule has 1 aliphatic heterocycles. The number of carbonyl (C=O) groups is 2. The highest BCUT2D eigenvalue weighted by atomic mass is 127. The first-order valence-corrected chi connectivity index (χ1v) is 6.63. The van der Waals surface area contributed by atoms with Gasteiger partial charge in [0.25, 0.3) is 0 Å². The first-order chi connectivity index (χ1) is 9.13. The molecular formula is C13H19IN4O2. The Labute approximate surface area is 134 Å². The minimum absolute atomic E-state index is 0. The van der Waals surface area contributed by atoms with Crippen LogP contribution in [0.1, 0.15) is 6.42 Å². The van der Waals surface area contributed by atoms with E-state index in [0.717, 1.165) is 6.42 Å². The summed E-state index contributed by atoms with van der Waals surface area (Å²) >= 11 is 0. The summed E-state index contributed by atoms with van der Waals surface area (Å²) in [5.41, 5.74) is 5.51. The lowest BCUT2D eigenvalue weighted by molar-refractivity contribution is -0.140. The molecule has 3 N–H and O–H groups in total. The quantitative estimate of drug-likeness (QED) is 0.233. The highest BCUT2D eigenvalue weighted by molar-refractivity contribution is 14.0. The minimum Gasteiger partial charge on any atom is -0.370 e. The topological polar surface area (TPSA) is 87.8 Å². The van der Waals surface area contributed by atoms with Crippen LogP contribution in [0.25, 0.3) is 0 Å². The number of allylic oxidation sites excluding steroid dienone is 2. The first-order valence-electron chi connectivity index (χ1n) is 6.63. The maximum Gasteiger partial charge on any atom is 0.233 e. The third kappa shape index (κ3) is 2.21. The number of amides is 2. The van der Waals surface area contributed by atoms with E-state index in [1.54, 1.807) is 7.05 Å². The summed E-state index contributed by atoms with van der Waals surface area (Å²) in [6.45, 7) is 0.809. The van der Waals surface area contributed by atoms with Crippen LogP contribution in [0.3, 0.4) is 0 Å². The van der Waals surface area contributed by atoms with Crippen molar-refractivity contribution in [3.63, 3.8) is 0 Å². The van der Waals surface area contributed by atoms with E-state index in [-0.39, 0.29) is 59.5 Å². The summed E-state index contributed by atoms with van der Waals surface area (Å²) in [5, 5.41) is 2.87. The van der Waals surface area contributed by atoms with Gasteiger partial charge in [-0.3, -0.25) is 19.5 Å². The number of rotatable bonds is 3. The van der Waals surface area contributed by atoms with Crippen LogP contribution < -0.4 is 11.1 Å².